The van der Waals surface area contributed by atoms with E-state index in [9.17, 15) is 13.2 Å². The van der Waals surface area contributed by atoms with Gasteiger partial charge in [0.1, 0.15) is 0 Å². The lowest BCUT2D eigenvalue weighted by Crippen LogP contribution is -2.24. The SMILES string of the molecule is COC(=O)c1c2n(c3ccccc13)CCCC2CS(=O)(=O)c1ccc(C)cc1. The molecule has 1 atom stereocenters. The van der Waals surface area contributed by atoms with Crippen molar-refractivity contribution in [2.24, 2.45) is 0 Å². The smallest absolute Gasteiger partial charge is 0.340 e. The molecule has 0 N–H and O–H groups in total. The molecule has 0 spiro atoms. The summed E-state index contributed by atoms with van der Waals surface area (Å²) in [6, 6.07) is 14.6. The number of aromatic nitrogens is 1. The maximum absolute atomic E-state index is 13.1. The Morgan fingerprint density at radius 1 is 1.14 bits per heavy atom. The molecule has 0 saturated heterocycles. The van der Waals surface area contributed by atoms with E-state index >= 15 is 0 Å². The molecule has 146 valence electrons. The molecule has 5 nitrogen and oxygen atoms in total. The van der Waals surface area contributed by atoms with Crippen LogP contribution in [0.25, 0.3) is 10.9 Å². The summed E-state index contributed by atoms with van der Waals surface area (Å²) < 4.78 is 33.3. The fraction of sp³-hybridized carbons (Fsp3) is 0.318. The zero-order valence-electron chi connectivity index (χ0n) is 16.0. The third-order valence-corrected chi connectivity index (χ3v) is 7.35. The fourth-order valence-corrected chi connectivity index (χ4v) is 5.80. The van der Waals surface area contributed by atoms with Gasteiger partial charge < -0.3 is 9.30 Å². The van der Waals surface area contributed by atoms with E-state index in [0.29, 0.717) is 10.5 Å². The molecule has 1 aromatic heterocycles. The van der Waals surface area contributed by atoms with Crippen LogP contribution in [-0.4, -0.2) is 31.8 Å². The number of esters is 1. The molecular weight excluding hydrogens is 374 g/mol. The van der Waals surface area contributed by atoms with Gasteiger partial charge in [-0.1, -0.05) is 35.9 Å². The van der Waals surface area contributed by atoms with Crippen LogP contribution in [0.4, 0.5) is 0 Å². The van der Waals surface area contributed by atoms with E-state index in [1.165, 1.54) is 7.11 Å². The molecule has 4 rings (SSSR count). The quantitative estimate of drug-likeness (QED) is 0.622. The van der Waals surface area contributed by atoms with Gasteiger partial charge in [-0.3, -0.25) is 0 Å². The highest BCUT2D eigenvalue weighted by Gasteiger charge is 2.34. The van der Waals surface area contributed by atoms with Crippen LogP contribution in [0.1, 0.15) is 40.4 Å². The van der Waals surface area contributed by atoms with E-state index in [4.69, 9.17) is 4.74 Å². The molecule has 1 aliphatic heterocycles. The van der Waals surface area contributed by atoms with Gasteiger partial charge in [0.25, 0.3) is 0 Å². The van der Waals surface area contributed by atoms with E-state index in [1.54, 1.807) is 12.1 Å². The molecule has 2 heterocycles. The minimum Gasteiger partial charge on any atom is -0.465 e. The van der Waals surface area contributed by atoms with Crippen molar-refractivity contribution in [2.75, 3.05) is 12.9 Å². The largest absolute Gasteiger partial charge is 0.465 e. The monoisotopic (exact) mass is 397 g/mol. The van der Waals surface area contributed by atoms with Gasteiger partial charge in [0, 0.05) is 29.1 Å². The standard InChI is InChI=1S/C22H23NO4S/c1-15-9-11-17(12-10-15)28(25,26)14-16-6-5-13-23-19-8-4-3-7-18(19)20(21(16)23)22(24)27-2/h3-4,7-12,16H,5-6,13-14H2,1-2H3. The van der Waals surface area contributed by atoms with Crippen LogP contribution in [0.15, 0.2) is 53.4 Å². The maximum atomic E-state index is 13.1. The Kier molecular flexibility index (Phi) is 4.75. The number of rotatable bonds is 4. The second-order valence-electron chi connectivity index (χ2n) is 7.35. The zero-order chi connectivity index (χ0) is 19.9. The average molecular weight is 397 g/mol. The van der Waals surface area contributed by atoms with Gasteiger partial charge in [-0.25, -0.2) is 13.2 Å². The lowest BCUT2D eigenvalue weighted by molar-refractivity contribution is 0.0600. The Labute approximate surface area is 164 Å². The molecule has 1 aliphatic rings. The van der Waals surface area contributed by atoms with Gasteiger partial charge in [0.2, 0.25) is 0 Å². The minimum absolute atomic E-state index is 0.0175. The number of carbonyl (C=O) groups is 1. The molecular formula is C22H23NO4S. The highest BCUT2D eigenvalue weighted by molar-refractivity contribution is 7.91. The summed E-state index contributed by atoms with van der Waals surface area (Å²) in [5, 5.41) is 0.823. The van der Waals surface area contributed by atoms with Crippen molar-refractivity contribution in [3.63, 3.8) is 0 Å². The number of benzene rings is 2. The van der Waals surface area contributed by atoms with Crippen LogP contribution < -0.4 is 0 Å². The summed E-state index contributed by atoms with van der Waals surface area (Å²) in [5.74, 6) is -0.678. The Balaban J connectivity index is 1.82. The molecule has 6 heteroatoms. The van der Waals surface area contributed by atoms with Crippen LogP contribution in [-0.2, 0) is 21.1 Å². The maximum Gasteiger partial charge on any atom is 0.340 e. The van der Waals surface area contributed by atoms with Gasteiger partial charge in [0.15, 0.2) is 9.84 Å². The van der Waals surface area contributed by atoms with E-state index < -0.39 is 15.8 Å². The van der Waals surface area contributed by atoms with Crippen molar-refractivity contribution in [1.82, 2.24) is 4.57 Å². The number of hydrogen-bond acceptors (Lipinski definition) is 4. The first-order valence-electron chi connectivity index (χ1n) is 9.41. The topological polar surface area (TPSA) is 65.4 Å². The Hall–Kier alpha value is -2.60. The Morgan fingerprint density at radius 3 is 2.57 bits per heavy atom. The molecule has 0 radical (unpaired) electrons. The van der Waals surface area contributed by atoms with Crippen molar-refractivity contribution in [1.29, 1.82) is 0 Å². The fourth-order valence-electron chi connectivity index (χ4n) is 4.21. The predicted octanol–water partition coefficient (Wildman–Crippen LogP) is 4.09. The molecule has 0 aliphatic carbocycles. The van der Waals surface area contributed by atoms with Crippen LogP contribution >= 0.6 is 0 Å². The van der Waals surface area contributed by atoms with Gasteiger partial charge in [-0.05, 0) is 38.0 Å². The molecule has 28 heavy (non-hydrogen) atoms. The number of methoxy groups -OCH3 is 1. The second-order valence-corrected chi connectivity index (χ2v) is 9.39. The van der Waals surface area contributed by atoms with Gasteiger partial charge in [-0.15, -0.1) is 0 Å². The third-order valence-electron chi connectivity index (χ3n) is 5.52. The average Bonchev–Trinajstić information content (AvgIpc) is 3.03. The second kappa shape index (κ2) is 7.09. The van der Waals surface area contributed by atoms with Crippen molar-refractivity contribution in [3.05, 3.63) is 65.4 Å². The molecule has 0 amide bonds. The molecule has 0 fully saturated rings. The van der Waals surface area contributed by atoms with E-state index in [1.807, 2.05) is 43.3 Å². The number of para-hydroxylation sites is 1. The summed E-state index contributed by atoms with van der Waals surface area (Å²) in [6.07, 6.45) is 1.60. The first kappa shape index (κ1) is 18.7. The van der Waals surface area contributed by atoms with Gasteiger partial charge >= 0.3 is 5.97 Å². The molecule has 2 aromatic carbocycles. The summed E-state index contributed by atoms with van der Waals surface area (Å²) in [4.78, 5) is 12.9. The molecule has 1 unspecified atom stereocenters. The lowest BCUT2D eigenvalue weighted by Gasteiger charge is -2.26. The first-order valence-corrected chi connectivity index (χ1v) is 11.1. The zero-order valence-corrected chi connectivity index (χ0v) is 16.8. The third kappa shape index (κ3) is 3.11. The lowest BCUT2D eigenvalue weighted by atomic mass is 9.94. The summed E-state index contributed by atoms with van der Waals surface area (Å²) in [7, 11) is -2.11. The number of sulfone groups is 1. The number of carbonyl (C=O) groups excluding carboxylic acids is 1. The molecule has 3 aromatic rings. The van der Waals surface area contributed by atoms with Crippen molar-refractivity contribution < 1.29 is 17.9 Å². The van der Waals surface area contributed by atoms with Crippen LogP contribution in [0.3, 0.4) is 0 Å². The number of fused-ring (bicyclic) bond motifs is 3. The van der Waals surface area contributed by atoms with E-state index in [0.717, 1.165) is 41.5 Å². The van der Waals surface area contributed by atoms with Crippen molar-refractivity contribution >= 4 is 26.7 Å². The highest BCUT2D eigenvalue weighted by Crippen LogP contribution is 2.39. The van der Waals surface area contributed by atoms with E-state index in [2.05, 4.69) is 4.57 Å². The number of aryl methyl sites for hydroxylation is 2. The summed E-state index contributed by atoms with van der Waals surface area (Å²) in [6.45, 7) is 2.70. The summed E-state index contributed by atoms with van der Waals surface area (Å²) in [5.41, 5.74) is 3.26. The van der Waals surface area contributed by atoms with Crippen molar-refractivity contribution in [3.8, 4) is 0 Å². The molecule has 0 saturated carbocycles. The van der Waals surface area contributed by atoms with Crippen LogP contribution in [0.5, 0.6) is 0 Å². The number of ether oxygens (including phenoxy) is 1. The predicted molar refractivity (Wildman–Crippen MR) is 108 cm³/mol. The van der Waals surface area contributed by atoms with Gasteiger partial charge in [0.05, 0.1) is 23.3 Å². The summed E-state index contributed by atoms with van der Waals surface area (Å²) >= 11 is 0. The van der Waals surface area contributed by atoms with Crippen molar-refractivity contribution in [2.45, 2.75) is 37.1 Å². The van der Waals surface area contributed by atoms with Gasteiger partial charge in [-0.2, -0.15) is 0 Å². The number of hydrogen-bond donors (Lipinski definition) is 0. The number of nitrogens with zero attached hydrogens (tertiary/aromatic N) is 1. The molecule has 0 bridgehead atoms. The minimum atomic E-state index is -3.47. The Bertz CT molecular complexity index is 1140. The normalized spacial score (nSPS) is 16.7. The van der Waals surface area contributed by atoms with Crippen LogP contribution in [0.2, 0.25) is 0 Å². The van der Waals surface area contributed by atoms with E-state index in [-0.39, 0.29) is 11.7 Å². The Morgan fingerprint density at radius 2 is 1.86 bits per heavy atom. The first-order chi connectivity index (χ1) is 13.4. The van der Waals surface area contributed by atoms with Crippen LogP contribution in [0, 0.1) is 6.92 Å². The highest BCUT2D eigenvalue weighted by atomic mass is 32.2.